The zero-order valence-electron chi connectivity index (χ0n) is 15.1. The Kier molecular flexibility index (Phi) is 5.69. The van der Waals surface area contributed by atoms with Gasteiger partial charge in [-0.1, -0.05) is 37.3 Å². The molecule has 144 valence electrons. The first-order valence-electron chi connectivity index (χ1n) is 8.65. The normalized spacial score (nSPS) is 10.6. The van der Waals surface area contributed by atoms with Gasteiger partial charge in [-0.3, -0.25) is 14.9 Å². The number of ketones is 1. The molecule has 2 aromatic carbocycles. The number of fused-ring (bicyclic) bond motifs is 1. The van der Waals surface area contributed by atoms with E-state index in [1.165, 1.54) is 18.2 Å². The summed E-state index contributed by atoms with van der Waals surface area (Å²) in [5.41, 5.74) is 2.17. The van der Waals surface area contributed by atoms with Crippen LogP contribution in [0.4, 0.5) is 5.69 Å². The number of esters is 1. The molecule has 3 aromatic rings. The van der Waals surface area contributed by atoms with E-state index in [4.69, 9.17) is 9.47 Å². The first kappa shape index (κ1) is 19.1. The lowest BCUT2D eigenvalue weighted by Crippen LogP contribution is -2.19. The first-order valence-corrected chi connectivity index (χ1v) is 8.65. The summed E-state index contributed by atoms with van der Waals surface area (Å²) >= 11 is 0. The Bertz CT molecular complexity index is 1040. The molecule has 0 saturated carbocycles. The monoisotopic (exact) mass is 382 g/mol. The third-order valence-electron chi connectivity index (χ3n) is 4.25. The number of aromatic amines is 1. The SMILES string of the molecule is CCc1cccc2c(C(=O)COC(=O)COc3ccccc3[N+](=O)[O-])c[nH]c12. The van der Waals surface area contributed by atoms with Crippen LogP contribution in [0, 0.1) is 10.1 Å². The largest absolute Gasteiger partial charge is 0.475 e. The minimum absolute atomic E-state index is 0.0421. The number of aromatic nitrogens is 1. The number of nitrogens with zero attached hydrogens (tertiary/aromatic N) is 1. The van der Waals surface area contributed by atoms with E-state index in [2.05, 4.69) is 4.98 Å². The maximum atomic E-state index is 12.4. The molecule has 8 heteroatoms. The van der Waals surface area contributed by atoms with Crippen molar-refractivity contribution in [3.05, 3.63) is 69.9 Å². The Labute approximate surface area is 160 Å². The van der Waals surface area contributed by atoms with Crippen LogP contribution in [-0.2, 0) is 16.0 Å². The number of rotatable bonds is 8. The van der Waals surface area contributed by atoms with Gasteiger partial charge in [0.25, 0.3) is 0 Å². The van der Waals surface area contributed by atoms with E-state index in [0.717, 1.165) is 22.9 Å². The molecule has 0 aliphatic heterocycles. The minimum atomic E-state index is -0.791. The number of hydrogen-bond acceptors (Lipinski definition) is 6. The topological polar surface area (TPSA) is 112 Å². The van der Waals surface area contributed by atoms with Gasteiger partial charge in [0.15, 0.2) is 19.0 Å². The number of ether oxygens (including phenoxy) is 2. The molecule has 1 aromatic heterocycles. The van der Waals surface area contributed by atoms with Crippen molar-refractivity contribution >= 4 is 28.3 Å². The summed E-state index contributed by atoms with van der Waals surface area (Å²) in [4.78, 5) is 37.7. The van der Waals surface area contributed by atoms with E-state index in [-0.39, 0.29) is 17.2 Å². The Balaban J connectivity index is 1.60. The van der Waals surface area contributed by atoms with Crippen molar-refractivity contribution < 1.29 is 24.0 Å². The Morgan fingerprint density at radius 3 is 2.64 bits per heavy atom. The zero-order valence-corrected chi connectivity index (χ0v) is 15.1. The smallest absolute Gasteiger partial charge is 0.344 e. The van der Waals surface area contributed by atoms with Gasteiger partial charge in [0, 0.05) is 28.7 Å². The second kappa shape index (κ2) is 8.34. The second-order valence-corrected chi connectivity index (χ2v) is 5.99. The van der Waals surface area contributed by atoms with Gasteiger partial charge in [-0.15, -0.1) is 0 Å². The molecule has 8 nitrogen and oxygen atoms in total. The molecule has 0 radical (unpaired) electrons. The van der Waals surface area contributed by atoms with Gasteiger partial charge in [0.05, 0.1) is 4.92 Å². The quantitative estimate of drug-likeness (QED) is 0.276. The highest BCUT2D eigenvalue weighted by atomic mass is 16.6. The van der Waals surface area contributed by atoms with Crippen LogP contribution in [0.5, 0.6) is 5.75 Å². The molecule has 0 unspecified atom stereocenters. The van der Waals surface area contributed by atoms with Crippen LogP contribution in [0.3, 0.4) is 0 Å². The molecule has 0 fully saturated rings. The first-order chi connectivity index (χ1) is 13.5. The lowest BCUT2D eigenvalue weighted by atomic mass is 10.1. The number of benzene rings is 2. The zero-order chi connectivity index (χ0) is 20.1. The predicted octanol–water partition coefficient (Wildman–Crippen LogP) is 3.44. The average Bonchev–Trinajstić information content (AvgIpc) is 3.15. The third-order valence-corrected chi connectivity index (χ3v) is 4.25. The maximum absolute atomic E-state index is 12.4. The van der Waals surface area contributed by atoms with Crippen molar-refractivity contribution in [1.29, 1.82) is 0 Å². The Hall–Kier alpha value is -3.68. The second-order valence-electron chi connectivity index (χ2n) is 5.99. The van der Waals surface area contributed by atoms with Gasteiger partial charge in [-0.25, -0.2) is 4.79 Å². The lowest BCUT2D eigenvalue weighted by molar-refractivity contribution is -0.385. The summed E-state index contributed by atoms with van der Waals surface area (Å²) in [6.45, 7) is 1.05. The van der Waals surface area contributed by atoms with Crippen LogP contribution in [-0.4, -0.2) is 34.9 Å². The number of hydrogen-bond donors (Lipinski definition) is 1. The highest BCUT2D eigenvalue weighted by molar-refractivity contribution is 6.09. The van der Waals surface area contributed by atoms with Crippen LogP contribution >= 0.6 is 0 Å². The highest BCUT2D eigenvalue weighted by Crippen LogP contribution is 2.26. The maximum Gasteiger partial charge on any atom is 0.344 e. The van der Waals surface area contributed by atoms with Crippen molar-refractivity contribution in [3.8, 4) is 5.75 Å². The average molecular weight is 382 g/mol. The number of nitro groups is 1. The molecular weight excluding hydrogens is 364 g/mol. The van der Waals surface area contributed by atoms with E-state index in [1.54, 1.807) is 12.3 Å². The van der Waals surface area contributed by atoms with Crippen LogP contribution < -0.4 is 4.74 Å². The Morgan fingerprint density at radius 1 is 1.11 bits per heavy atom. The van der Waals surface area contributed by atoms with E-state index < -0.39 is 24.1 Å². The number of nitrogens with one attached hydrogen (secondary N) is 1. The van der Waals surface area contributed by atoms with Crippen LogP contribution in [0.2, 0.25) is 0 Å². The summed E-state index contributed by atoms with van der Waals surface area (Å²) < 4.78 is 10.1. The summed E-state index contributed by atoms with van der Waals surface area (Å²) in [5.74, 6) is -1.18. The molecule has 1 heterocycles. The number of aryl methyl sites for hydroxylation is 1. The van der Waals surface area contributed by atoms with Gasteiger partial charge in [-0.05, 0) is 18.1 Å². The molecule has 0 aliphatic carbocycles. The fraction of sp³-hybridized carbons (Fsp3) is 0.200. The van der Waals surface area contributed by atoms with E-state index >= 15 is 0 Å². The minimum Gasteiger partial charge on any atom is -0.475 e. The number of H-pyrrole nitrogens is 1. The van der Waals surface area contributed by atoms with Crippen molar-refractivity contribution in [2.75, 3.05) is 13.2 Å². The molecule has 1 N–H and O–H groups in total. The lowest BCUT2D eigenvalue weighted by Gasteiger charge is -2.07. The van der Waals surface area contributed by atoms with Gasteiger partial charge in [-0.2, -0.15) is 0 Å². The van der Waals surface area contributed by atoms with Crippen molar-refractivity contribution in [3.63, 3.8) is 0 Å². The summed E-state index contributed by atoms with van der Waals surface area (Å²) in [5, 5.41) is 11.7. The fourth-order valence-electron chi connectivity index (χ4n) is 2.87. The van der Waals surface area contributed by atoms with Crippen molar-refractivity contribution in [1.82, 2.24) is 4.98 Å². The molecule has 28 heavy (non-hydrogen) atoms. The van der Waals surface area contributed by atoms with E-state index in [9.17, 15) is 19.7 Å². The third kappa shape index (κ3) is 4.01. The number of carbonyl (C=O) groups excluding carboxylic acids is 2. The number of nitro benzene ring substituents is 1. The number of para-hydroxylation sites is 3. The highest BCUT2D eigenvalue weighted by Gasteiger charge is 2.18. The molecule has 0 atom stereocenters. The van der Waals surface area contributed by atoms with Gasteiger partial charge in [0.2, 0.25) is 5.78 Å². The molecule has 0 bridgehead atoms. The summed E-state index contributed by atoms with van der Waals surface area (Å²) in [6.07, 6.45) is 2.42. The molecule has 3 rings (SSSR count). The summed E-state index contributed by atoms with van der Waals surface area (Å²) in [6, 6.07) is 11.4. The number of carbonyl (C=O) groups is 2. The van der Waals surface area contributed by atoms with Crippen molar-refractivity contribution in [2.24, 2.45) is 0 Å². The molecular formula is C20H18N2O6. The molecule has 0 aliphatic rings. The molecule has 0 amide bonds. The van der Waals surface area contributed by atoms with Crippen molar-refractivity contribution in [2.45, 2.75) is 13.3 Å². The van der Waals surface area contributed by atoms with Crippen LogP contribution in [0.15, 0.2) is 48.7 Å². The molecule has 0 saturated heterocycles. The summed E-state index contributed by atoms with van der Waals surface area (Å²) in [7, 11) is 0. The predicted molar refractivity (Wildman–Crippen MR) is 102 cm³/mol. The fourth-order valence-corrected chi connectivity index (χ4v) is 2.87. The van der Waals surface area contributed by atoms with Gasteiger partial charge in [0.1, 0.15) is 0 Å². The number of Topliss-reactive ketones (excluding diaryl/α,β-unsaturated/α-hetero) is 1. The Morgan fingerprint density at radius 2 is 1.89 bits per heavy atom. The van der Waals surface area contributed by atoms with E-state index in [0.29, 0.717) is 5.56 Å². The standard InChI is InChI=1S/C20H18N2O6/c1-2-13-6-5-7-14-15(10-21-20(13)14)17(23)11-28-19(24)12-27-18-9-4-3-8-16(18)22(25)26/h3-10,21H,2,11-12H2,1H3. The van der Waals surface area contributed by atoms with Crippen LogP contribution in [0.1, 0.15) is 22.8 Å². The van der Waals surface area contributed by atoms with Gasteiger partial charge < -0.3 is 14.5 Å². The van der Waals surface area contributed by atoms with Gasteiger partial charge >= 0.3 is 11.7 Å². The molecule has 0 spiro atoms. The van der Waals surface area contributed by atoms with Crippen LogP contribution in [0.25, 0.3) is 10.9 Å². The van der Waals surface area contributed by atoms with E-state index in [1.807, 2.05) is 25.1 Å².